The molecule has 3 aromatic rings. The second kappa shape index (κ2) is 9.22. The van der Waals surface area contributed by atoms with Gasteiger partial charge in [0.25, 0.3) is 5.56 Å². The predicted octanol–water partition coefficient (Wildman–Crippen LogP) is 3.01. The summed E-state index contributed by atoms with van der Waals surface area (Å²) in [6.45, 7) is 4.93. The normalized spacial score (nSPS) is 11.2. The topological polar surface area (TPSA) is 80.9 Å². The Hall–Kier alpha value is -2.67. The molecule has 1 heterocycles. The van der Waals surface area contributed by atoms with Gasteiger partial charge in [0, 0.05) is 25.9 Å². The molecule has 0 amide bonds. The van der Waals surface area contributed by atoms with Crippen LogP contribution in [-0.4, -0.2) is 35.1 Å². The first-order valence-corrected chi connectivity index (χ1v) is 9.67. The summed E-state index contributed by atoms with van der Waals surface area (Å²) in [5, 5.41) is 21.7. The van der Waals surface area contributed by atoms with Crippen LogP contribution in [0.2, 0.25) is 0 Å². The number of aliphatic hydroxyl groups excluding tert-OH is 2. The monoisotopic (exact) mass is 397 g/mol. The molecular formula is C23H27NO5. The van der Waals surface area contributed by atoms with Crippen LogP contribution >= 0.6 is 0 Å². The van der Waals surface area contributed by atoms with E-state index in [1.165, 1.54) is 0 Å². The summed E-state index contributed by atoms with van der Waals surface area (Å²) < 4.78 is 12.4. The van der Waals surface area contributed by atoms with Crippen molar-refractivity contribution in [2.45, 2.75) is 33.6 Å². The zero-order valence-corrected chi connectivity index (χ0v) is 17.1. The van der Waals surface area contributed by atoms with E-state index in [1.54, 1.807) is 23.9 Å². The smallest absolute Gasteiger partial charge is 0.251 e. The summed E-state index contributed by atoms with van der Waals surface area (Å²) in [5.74, 6) is 0.779. The maximum atomic E-state index is 12.6. The Kier molecular flexibility index (Phi) is 6.69. The summed E-state index contributed by atoms with van der Waals surface area (Å²) in [4.78, 5) is 12.6. The SMILES string of the molecule is CCOc1cc2cc(CO)c(CO)c(-c3ccn(CCOC)c(=O)c3)c2cc1C. The van der Waals surface area contributed by atoms with Gasteiger partial charge in [0.1, 0.15) is 5.75 Å². The highest BCUT2D eigenvalue weighted by Gasteiger charge is 2.17. The van der Waals surface area contributed by atoms with Crippen molar-refractivity contribution in [3.63, 3.8) is 0 Å². The third-order valence-corrected chi connectivity index (χ3v) is 5.08. The molecule has 2 aromatic carbocycles. The number of aryl methyl sites for hydroxylation is 1. The summed E-state index contributed by atoms with van der Waals surface area (Å²) >= 11 is 0. The van der Waals surface area contributed by atoms with Crippen molar-refractivity contribution in [1.82, 2.24) is 4.57 Å². The lowest BCUT2D eigenvalue weighted by atomic mass is 9.89. The molecule has 0 saturated carbocycles. The largest absolute Gasteiger partial charge is 0.494 e. The molecule has 0 aliphatic carbocycles. The van der Waals surface area contributed by atoms with Crippen molar-refractivity contribution in [2.75, 3.05) is 20.3 Å². The Bertz CT molecular complexity index is 1070. The van der Waals surface area contributed by atoms with Crippen LogP contribution < -0.4 is 10.3 Å². The Labute approximate surface area is 169 Å². The summed E-state index contributed by atoms with van der Waals surface area (Å²) in [6, 6.07) is 9.24. The first-order chi connectivity index (χ1) is 14.0. The molecule has 0 bridgehead atoms. The minimum Gasteiger partial charge on any atom is -0.494 e. The van der Waals surface area contributed by atoms with Gasteiger partial charge in [0.2, 0.25) is 0 Å². The summed E-state index contributed by atoms with van der Waals surface area (Å²) in [5.41, 5.74) is 3.54. The van der Waals surface area contributed by atoms with E-state index in [2.05, 4.69) is 0 Å². The molecule has 1 aromatic heterocycles. The second-order valence-corrected chi connectivity index (χ2v) is 6.92. The maximum absolute atomic E-state index is 12.6. The number of methoxy groups -OCH3 is 1. The van der Waals surface area contributed by atoms with Crippen LogP contribution in [0, 0.1) is 6.92 Å². The molecule has 2 N–H and O–H groups in total. The molecule has 29 heavy (non-hydrogen) atoms. The fourth-order valence-corrected chi connectivity index (χ4v) is 3.64. The van der Waals surface area contributed by atoms with Gasteiger partial charge in [0.05, 0.1) is 26.4 Å². The highest BCUT2D eigenvalue weighted by molar-refractivity contribution is 6.00. The Morgan fingerprint density at radius 3 is 2.52 bits per heavy atom. The highest BCUT2D eigenvalue weighted by atomic mass is 16.5. The standard InChI is InChI=1S/C23H27NO5/c1-4-29-21-11-17-10-18(13-25)20(14-26)23(19(17)9-15(21)2)16-5-6-24(7-8-28-3)22(27)12-16/h5-6,9-12,25-26H,4,7-8,13-14H2,1-3H3. The molecule has 3 rings (SSSR count). The highest BCUT2D eigenvalue weighted by Crippen LogP contribution is 2.37. The number of fused-ring (bicyclic) bond motifs is 1. The van der Waals surface area contributed by atoms with E-state index in [4.69, 9.17) is 9.47 Å². The van der Waals surface area contributed by atoms with Crippen molar-refractivity contribution in [1.29, 1.82) is 0 Å². The van der Waals surface area contributed by atoms with Gasteiger partial charge in [-0.1, -0.05) is 0 Å². The molecule has 0 unspecified atom stereocenters. The molecular weight excluding hydrogens is 370 g/mol. The summed E-state index contributed by atoms with van der Waals surface area (Å²) in [7, 11) is 1.60. The van der Waals surface area contributed by atoms with E-state index in [0.717, 1.165) is 27.6 Å². The molecule has 0 saturated heterocycles. The number of aromatic nitrogens is 1. The van der Waals surface area contributed by atoms with Crippen molar-refractivity contribution in [2.24, 2.45) is 0 Å². The third kappa shape index (κ3) is 4.19. The lowest BCUT2D eigenvalue weighted by Crippen LogP contribution is -2.20. The minimum atomic E-state index is -0.236. The van der Waals surface area contributed by atoms with Gasteiger partial charge < -0.3 is 24.3 Å². The zero-order chi connectivity index (χ0) is 21.0. The first kappa shape index (κ1) is 21.0. The van der Waals surface area contributed by atoms with Gasteiger partial charge in [-0.05, 0) is 76.7 Å². The average molecular weight is 397 g/mol. The van der Waals surface area contributed by atoms with Gasteiger partial charge in [-0.2, -0.15) is 0 Å². The number of hydrogen-bond acceptors (Lipinski definition) is 5. The zero-order valence-electron chi connectivity index (χ0n) is 17.1. The maximum Gasteiger partial charge on any atom is 0.251 e. The van der Waals surface area contributed by atoms with Gasteiger partial charge in [0.15, 0.2) is 0 Å². The Balaban J connectivity index is 2.28. The van der Waals surface area contributed by atoms with Crippen LogP contribution in [0.4, 0.5) is 0 Å². The van der Waals surface area contributed by atoms with Crippen LogP contribution in [0.1, 0.15) is 23.6 Å². The number of hydrogen-bond donors (Lipinski definition) is 2. The van der Waals surface area contributed by atoms with E-state index in [9.17, 15) is 15.0 Å². The fraction of sp³-hybridized carbons (Fsp3) is 0.348. The van der Waals surface area contributed by atoms with Crippen LogP contribution in [0.5, 0.6) is 5.75 Å². The van der Waals surface area contributed by atoms with Crippen molar-refractivity contribution >= 4 is 10.8 Å². The molecule has 0 radical (unpaired) electrons. The molecule has 0 atom stereocenters. The number of aliphatic hydroxyl groups is 2. The van der Waals surface area contributed by atoms with Crippen molar-refractivity contribution in [3.05, 3.63) is 63.6 Å². The van der Waals surface area contributed by atoms with E-state index >= 15 is 0 Å². The van der Waals surface area contributed by atoms with E-state index in [0.29, 0.717) is 36.4 Å². The van der Waals surface area contributed by atoms with E-state index < -0.39 is 0 Å². The number of rotatable bonds is 8. The number of pyridine rings is 1. The van der Waals surface area contributed by atoms with Crippen LogP contribution in [0.25, 0.3) is 21.9 Å². The van der Waals surface area contributed by atoms with Crippen LogP contribution in [-0.2, 0) is 24.5 Å². The molecule has 0 aliphatic heterocycles. The lowest BCUT2D eigenvalue weighted by molar-refractivity contribution is 0.186. The quantitative estimate of drug-likeness (QED) is 0.611. The molecule has 154 valence electrons. The molecule has 0 fully saturated rings. The fourth-order valence-electron chi connectivity index (χ4n) is 3.64. The van der Waals surface area contributed by atoms with E-state index in [1.807, 2.05) is 38.1 Å². The second-order valence-electron chi connectivity index (χ2n) is 6.92. The Morgan fingerprint density at radius 2 is 1.90 bits per heavy atom. The first-order valence-electron chi connectivity index (χ1n) is 9.67. The van der Waals surface area contributed by atoms with Gasteiger partial charge in [-0.3, -0.25) is 4.79 Å². The molecule has 6 heteroatoms. The minimum absolute atomic E-state index is 0.145. The van der Waals surface area contributed by atoms with Gasteiger partial charge in [-0.15, -0.1) is 0 Å². The van der Waals surface area contributed by atoms with Crippen LogP contribution in [0.15, 0.2) is 41.3 Å². The Morgan fingerprint density at radius 1 is 1.10 bits per heavy atom. The number of nitrogens with zero attached hydrogens (tertiary/aromatic N) is 1. The number of ether oxygens (including phenoxy) is 2. The predicted molar refractivity (Wildman–Crippen MR) is 113 cm³/mol. The van der Waals surface area contributed by atoms with Gasteiger partial charge >= 0.3 is 0 Å². The van der Waals surface area contributed by atoms with Gasteiger partial charge in [-0.25, -0.2) is 0 Å². The van der Waals surface area contributed by atoms with E-state index in [-0.39, 0.29) is 18.8 Å². The van der Waals surface area contributed by atoms with Crippen LogP contribution in [0.3, 0.4) is 0 Å². The van der Waals surface area contributed by atoms with Crippen molar-refractivity contribution in [3.8, 4) is 16.9 Å². The molecule has 0 aliphatic rings. The lowest BCUT2D eigenvalue weighted by Gasteiger charge is -2.18. The molecule has 0 spiro atoms. The molecule has 6 nitrogen and oxygen atoms in total. The average Bonchev–Trinajstić information content (AvgIpc) is 2.72. The number of benzene rings is 2. The summed E-state index contributed by atoms with van der Waals surface area (Å²) in [6.07, 6.45) is 1.73. The third-order valence-electron chi connectivity index (χ3n) is 5.08. The van der Waals surface area contributed by atoms with Crippen molar-refractivity contribution < 1.29 is 19.7 Å².